The van der Waals surface area contributed by atoms with Crippen molar-refractivity contribution in [2.75, 3.05) is 12.4 Å². The summed E-state index contributed by atoms with van der Waals surface area (Å²) in [6.07, 6.45) is 0. The van der Waals surface area contributed by atoms with E-state index in [4.69, 9.17) is 4.74 Å². The number of carbonyl (C=O) groups excluding carboxylic acids is 1. The van der Waals surface area contributed by atoms with Crippen molar-refractivity contribution in [3.63, 3.8) is 0 Å². The van der Waals surface area contributed by atoms with Gasteiger partial charge in [-0.25, -0.2) is 4.79 Å². The van der Waals surface area contributed by atoms with Gasteiger partial charge >= 0.3 is 5.97 Å². The second-order valence-electron chi connectivity index (χ2n) is 4.86. The molecule has 3 rings (SSSR count). The van der Waals surface area contributed by atoms with E-state index in [2.05, 4.69) is 27.4 Å². The molecule has 25 heavy (non-hydrogen) atoms. The van der Waals surface area contributed by atoms with Crippen molar-refractivity contribution < 1.29 is 9.53 Å². The first-order valence-electron chi connectivity index (χ1n) is 7.39. The SMILES string of the molecule is Cc1ccccc1-n1nnnc1SCC#CCOC(=O)c1cccs1. The van der Waals surface area contributed by atoms with Crippen LogP contribution in [0, 0.1) is 18.8 Å². The van der Waals surface area contributed by atoms with Gasteiger partial charge < -0.3 is 4.74 Å². The molecule has 0 saturated heterocycles. The zero-order valence-corrected chi connectivity index (χ0v) is 15.0. The molecule has 0 spiro atoms. The third-order valence-electron chi connectivity index (χ3n) is 3.18. The molecule has 0 aliphatic heterocycles. The first kappa shape index (κ1) is 17.2. The van der Waals surface area contributed by atoms with Crippen molar-refractivity contribution in [3.8, 4) is 17.5 Å². The third kappa shape index (κ3) is 4.47. The second-order valence-corrected chi connectivity index (χ2v) is 6.75. The topological polar surface area (TPSA) is 69.9 Å². The number of hydrogen-bond donors (Lipinski definition) is 0. The zero-order valence-electron chi connectivity index (χ0n) is 13.4. The summed E-state index contributed by atoms with van der Waals surface area (Å²) in [4.78, 5) is 12.2. The van der Waals surface area contributed by atoms with Gasteiger partial charge in [-0.05, 0) is 40.4 Å². The number of para-hydroxylation sites is 1. The van der Waals surface area contributed by atoms with Gasteiger partial charge in [-0.15, -0.1) is 16.4 Å². The Hall–Kier alpha value is -2.63. The predicted molar refractivity (Wildman–Crippen MR) is 97.0 cm³/mol. The molecule has 2 aromatic heterocycles. The van der Waals surface area contributed by atoms with Crippen molar-refractivity contribution in [2.45, 2.75) is 12.1 Å². The van der Waals surface area contributed by atoms with Crippen LogP contribution in [0.25, 0.3) is 5.69 Å². The summed E-state index contributed by atoms with van der Waals surface area (Å²) in [5.74, 6) is 5.93. The van der Waals surface area contributed by atoms with Gasteiger partial charge in [0.15, 0.2) is 6.61 Å². The number of rotatable bonds is 5. The predicted octanol–water partition coefficient (Wildman–Crippen LogP) is 2.98. The standard InChI is InChI=1S/C17H14N4O2S2/c1-13-7-2-3-8-14(13)21-17(18-19-20-21)25-11-5-4-10-23-16(22)15-9-6-12-24-15/h2-3,6-9,12H,10-11H2,1H3. The molecule has 0 fully saturated rings. The Bertz CT molecular complexity index is 910. The number of thioether (sulfide) groups is 1. The van der Waals surface area contributed by atoms with E-state index in [0.29, 0.717) is 15.8 Å². The number of thiophene rings is 1. The van der Waals surface area contributed by atoms with Crippen LogP contribution < -0.4 is 0 Å². The van der Waals surface area contributed by atoms with E-state index in [0.717, 1.165) is 11.3 Å². The fraction of sp³-hybridized carbons (Fsp3) is 0.176. The minimum atomic E-state index is -0.347. The van der Waals surface area contributed by atoms with Crippen LogP contribution in [-0.4, -0.2) is 38.5 Å². The van der Waals surface area contributed by atoms with Crippen molar-refractivity contribution in [2.24, 2.45) is 0 Å². The van der Waals surface area contributed by atoms with E-state index in [9.17, 15) is 4.79 Å². The molecule has 3 aromatic rings. The molecule has 126 valence electrons. The van der Waals surface area contributed by atoms with E-state index in [-0.39, 0.29) is 12.6 Å². The minimum Gasteiger partial charge on any atom is -0.448 e. The molecule has 1 aromatic carbocycles. The molecule has 8 heteroatoms. The van der Waals surface area contributed by atoms with Crippen LogP contribution >= 0.6 is 23.1 Å². The number of nitrogens with zero attached hydrogens (tertiary/aromatic N) is 4. The number of carbonyl (C=O) groups is 1. The highest BCUT2D eigenvalue weighted by molar-refractivity contribution is 7.99. The Kier molecular flexibility index (Phi) is 5.82. The van der Waals surface area contributed by atoms with Gasteiger partial charge in [0.25, 0.3) is 0 Å². The van der Waals surface area contributed by atoms with Gasteiger partial charge in [-0.2, -0.15) is 4.68 Å². The van der Waals surface area contributed by atoms with Crippen LogP contribution in [0.15, 0.2) is 46.9 Å². The summed E-state index contributed by atoms with van der Waals surface area (Å²) in [7, 11) is 0. The highest BCUT2D eigenvalue weighted by Crippen LogP contribution is 2.19. The van der Waals surface area contributed by atoms with Gasteiger partial charge in [0, 0.05) is 0 Å². The van der Waals surface area contributed by atoms with E-state index < -0.39 is 0 Å². The number of hydrogen-bond acceptors (Lipinski definition) is 7. The average molecular weight is 370 g/mol. The molecular weight excluding hydrogens is 356 g/mol. The quantitative estimate of drug-likeness (QED) is 0.391. The maximum atomic E-state index is 11.6. The van der Waals surface area contributed by atoms with Crippen LogP contribution in [-0.2, 0) is 4.74 Å². The average Bonchev–Trinajstić information content (AvgIpc) is 3.30. The smallest absolute Gasteiger partial charge is 0.349 e. The number of tetrazole rings is 1. The van der Waals surface area contributed by atoms with Gasteiger partial charge in [-0.1, -0.05) is 47.9 Å². The Labute approximate surface area is 153 Å². The molecule has 2 heterocycles. The highest BCUT2D eigenvalue weighted by atomic mass is 32.2. The first-order valence-corrected chi connectivity index (χ1v) is 9.26. The van der Waals surface area contributed by atoms with Gasteiger partial charge in [-0.3, -0.25) is 0 Å². The molecule has 0 N–H and O–H groups in total. The normalized spacial score (nSPS) is 10.1. The fourth-order valence-electron chi connectivity index (χ4n) is 1.99. The van der Waals surface area contributed by atoms with E-state index in [1.165, 1.54) is 23.1 Å². The molecule has 0 aliphatic rings. The summed E-state index contributed by atoms with van der Waals surface area (Å²) in [6.45, 7) is 2.08. The van der Waals surface area contributed by atoms with E-state index in [1.54, 1.807) is 10.7 Å². The van der Waals surface area contributed by atoms with Crippen LogP contribution in [0.1, 0.15) is 15.2 Å². The molecule has 0 radical (unpaired) electrons. The second kappa shape index (κ2) is 8.46. The van der Waals surface area contributed by atoms with Gasteiger partial charge in [0.1, 0.15) is 4.88 Å². The molecule has 0 atom stereocenters. The molecule has 0 aliphatic carbocycles. The maximum absolute atomic E-state index is 11.6. The van der Waals surface area contributed by atoms with E-state index >= 15 is 0 Å². The summed E-state index contributed by atoms with van der Waals surface area (Å²) in [5, 5.41) is 14.3. The van der Waals surface area contributed by atoms with Crippen LogP contribution in [0.5, 0.6) is 0 Å². The lowest BCUT2D eigenvalue weighted by Crippen LogP contribution is -2.03. The number of aromatic nitrogens is 4. The summed E-state index contributed by atoms with van der Waals surface area (Å²) in [6, 6.07) is 11.4. The summed E-state index contributed by atoms with van der Waals surface area (Å²) < 4.78 is 6.77. The maximum Gasteiger partial charge on any atom is 0.349 e. The Morgan fingerprint density at radius 2 is 2.16 bits per heavy atom. The van der Waals surface area contributed by atoms with Crippen molar-refractivity contribution in [1.29, 1.82) is 0 Å². The molecule has 0 bridgehead atoms. The van der Waals surface area contributed by atoms with Crippen LogP contribution in [0.3, 0.4) is 0 Å². The Morgan fingerprint density at radius 1 is 1.28 bits per heavy atom. The molecule has 0 amide bonds. The first-order chi connectivity index (χ1) is 12.3. The third-order valence-corrected chi connectivity index (χ3v) is 4.83. The molecular formula is C17H14N4O2S2. The number of aryl methyl sites for hydroxylation is 1. The lowest BCUT2D eigenvalue weighted by Gasteiger charge is -2.05. The van der Waals surface area contributed by atoms with Crippen molar-refractivity contribution in [3.05, 3.63) is 52.2 Å². The summed E-state index contributed by atoms with van der Waals surface area (Å²) >= 11 is 2.78. The monoisotopic (exact) mass is 370 g/mol. The van der Waals surface area contributed by atoms with E-state index in [1.807, 2.05) is 42.6 Å². The number of ether oxygens (including phenoxy) is 1. The van der Waals surface area contributed by atoms with Crippen molar-refractivity contribution in [1.82, 2.24) is 20.2 Å². The lowest BCUT2D eigenvalue weighted by atomic mass is 10.2. The molecule has 0 unspecified atom stereocenters. The fourth-order valence-corrected chi connectivity index (χ4v) is 3.26. The van der Waals surface area contributed by atoms with Gasteiger partial charge in [0.2, 0.25) is 5.16 Å². The molecule has 0 saturated carbocycles. The summed E-state index contributed by atoms with van der Waals surface area (Å²) in [5.41, 5.74) is 2.02. The Balaban J connectivity index is 1.52. The lowest BCUT2D eigenvalue weighted by molar-refractivity contribution is 0.0562. The van der Waals surface area contributed by atoms with Gasteiger partial charge in [0.05, 0.1) is 11.4 Å². The highest BCUT2D eigenvalue weighted by Gasteiger charge is 2.10. The number of esters is 1. The largest absolute Gasteiger partial charge is 0.448 e. The molecule has 6 nitrogen and oxygen atoms in total. The van der Waals surface area contributed by atoms with Crippen LogP contribution in [0.2, 0.25) is 0 Å². The number of benzene rings is 1. The van der Waals surface area contributed by atoms with Crippen LogP contribution in [0.4, 0.5) is 0 Å². The Morgan fingerprint density at radius 3 is 2.96 bits per heavy atom. The van der Waals surface area contributed by atoms with Crippen molar-refractivity contribution >= 4 is 29.1 Å². The zero-order chi connectivity index (χ0) is 17.5. The minimum absolute atomic E-state index is 0.0695.